The largest absolute Gasteiger partial charge is 0.465 e. The zero-order valence-electron chi connectivity index (χ0n) is 9.37. The highest BCUT2D eigenvalue weighted by Crippen LogP contribution is 2.24. The van der Waals surface area contributed by atoms with E-state index in [1.165, 1.54) is 5.56 Å². The maximum atomic E-state index is 5.60. The minimum absolute atomic E-state index is 0.0678. The topological polar surface area (TPSA) is 39.2 Å². The monoisotopic (exact) mass is 193 g/mol. The Morgan fingerprint density at radius 3 is 2.50 bits per heavy atom. The van der Waals surface area contributed by atoms with Gasteiger partial charge in [0.1, 0.15) is 5.76 Å². The predicted molar refractivity (Wildman–Crippen MR) is 60.1 cm³/mol. The summed E-state index contributed by atoms with van der Waals surface area (Å²) in [5.74, 6) is 0.868. The summed E-state index contributed by atoms with van der Waals surface area (Å²) in [6.45, 7) is 8.43. The number of nitrogens with two attached hydrogens (primary N) is 1. The van der Waals surface area contributed by atoms with Crippen molar-refractivity contribution in [2.24, 2.45) is 5.73 Å². The van der Waals surface area contributed by atoms with Gasteiger partial charge in [0.15, 0.2) is 0 Å². The summed E-state index contributed by atoms with van der Waals surface area (Å²) >= 11 is 0. The molecule has 1 heterocycles. The summed E-state index contributed by atoms with van der Waals surface area (Å²) in [6.07, 6.45) is 5.64. The molecule has 1 rings (SSSR count). The zero-order chi connectivity index (χ0) is 10.8. The van der Waals surface area contributed by atoms with Crippen LogP contribution >= 0.6 is 0 Å². The van der Waals surface area contributed by atoms with Crippen LogP contribution in [0.25, 0.3) is 6.08 Å². The third kappa shape index (κ3) is 3.04. The van der Waals surface area contributed by atoms with Crippen molar-refractivity contribution in [2.75, 3.05) is 0 Å². The van der Waals surface area contributed by atoms with Gasteiger partial charge in [0.05, 0.1) is 6.26 Å². The van der Waals surface area contributed by atoms with E-state index in [0.29, 0.717) is 0 Å². The maximum Gasteiger partial charge on any atom is 0.126 e. The molecule has 0 amide bonds. The predicted octanol–water partition coefficient (Wildman–Crippen LogP) is 2.94. The average molecular weight is 193 g/mol. The number of hydrogen-bond acceptors (Lipinski definition) is 2. The minimum Gasteiger partial charge on any atom is -0.465 e. The summed E-state index contributed by atoms with van der Waals surface area (Å²) < 4.78 is 5.40. The Kier molecular flexibility index (Phi) is 3.17. The van der Waals surface area contributed by atoms with E-state index in [9.17, 15) is 0 Å². The van der Waals surface area contributed by atoms with Crippen molar-refractivity contribution >= 4 is 6.08 Å². The van der Waals surface area contributed by atoms with Crippen LogP contribution in [0.5, 0.6) is 0 Å². The standard InChI is InChI=1S/C12H19NO/c1-9(13)5-6-11-7-10(8-14-11)12(2,3)4/h5-9H,13H2,1-4H3/b6-5+/t9-/m1/s1. The highest BCUT2D eigenvalue weighted by Gasteiger charge is 2.15. The highest BCUT2D eigenvalue weighted by molar-refractivity contribution is 5.45. The smallest absolute Gasteiger partial charge is 0.126 e. The molecule has 0 spiro atoms. The quantitative estimate of drug-likeness (QED) is 0.784. The van der Waals surface area contributed by atoms with Crippen LogP contribution < -0.4 is 5.73 Å². The Bertz CT molecular complexity index is 315. The van der Waals surface area contributed by atoms with E-state index >= 15 is 0 Å². The van der Waals surface area contributed by atoms with Gasteiger partial charge >= 0.3 is 0 Å². The fourth-order valence-electron chi connectivity index (χ4n) is 1.08. The van der Waals surface area contributed by atoms with Gasteiger partial charge in [0, 0.05) is 6.04 Å². The zero-order valence-corrected chi connectivity index (χ0v) is 9.37. The van der Waals surface area contributed by atoms with E-state index in [0.717, 1.165) is 5.76 Å². The van der Waals surface area contributed by atoms with Crippen LogP contribution in [0, 0.1) is 0 Å². The molecule has 0 bridgehead atoms. The first-order valence-corrected chi connectivity index (χ1v) is 4.92. The summed E-state index contributed by atoms with van der Waals surface area (Å²) in [7, 11) is 0. The van der Waals surface area contributed by atoms with Crippen molar-refractivity contribution in [3.8, 4) is 0 Å². The molecule has 0 saturated carbocycles. The van der Waals surface area contributed by atoms with Crippen molar-refractivity contribution < 1.29 is 4.42 Å². The molecule has 0 radical (unpaired) electrons. The van der Waals surface area contributed by atoms with Gasteiger partial charge in [-0.15, -0.1) is 0 Å². The summed E-state index contributed by atoms with van der Waals surface area (Å²) in [6, 6.07) is 2.12. The number of furan rings is 1. The van der Waals surface area contributed by atoms with Gasteiger partial charge in [-0.25, -0.2) is 0 Å². The van der Waals surface area contributed by atoms with Crippen molar-refractivity contribution in [2.45, 2.75) is 39.2 Å². The molecule has 1 aromatic heterocycles. The van der Waals surface area contributed by atoms with E-state index in [1.54, 1.807) is 6.26 Å². The molecule has 0 aromatic carbocycles. The van der Waals surface area contributed by atoms with Crippen molar-refractivity contribution in [3.05, 3.63) is 29.7 Å². The molecule has 1 aromatic rings. The van der Waals surface area contributed by atoms with Crippen LogP contribution in [0.2, 0.25) is 0 Å². The van der Waals surface area contributed by atoms with Gasteiger partial charge in [-0.2, -0.15) is 0 Å². The van der Waals surface area contributed by atoms with E-state index in [2.05, 4.69) is 26.8 Å². The second kappa shape index (κ2) is 4.01. The molecule has 0 fully saturated rings. The van der Waals surface area contributed by atoms with Gasteiger partial charge in [-0.05, 0) is 30.0 Å². The molecule has 78 valence electrons. The van der Waals surface area contributed by atoms with Crippen LogP contribution in [0.1, 0.15) is 39.0 Å². The fourth-order valence-corrected chi connectivity index (χ4v) is 1.08. The van der Waals surface area contributed by atoms with Crippen LogP contribution in [0.4, 0.5) is 0 Å². The summed E-state index contributed by atoms with van der Waals surface area (Å²) in [4.78, 5) is 0. The Morgan fingerprint density at radius 2 is 2.07 bits per heavy atom. The third-order valence-corrected chi connectivity index (χ3v) is 2.05. The molecule has 0 unspecified atom stereocenters. The van der Waals surface area contributed by atoms with Gasteiger partial charge in [-0.1, -0.05) is 26.8 Å². The molecule has 1 atom stereocenters. The van der Waals surface area contributed by atoms with Gasteiger partial charge < -0.3 is 10.2 Å². The normalized spacial score (nSPS) is 14.9. The molecule has 0 aliphatic heterocycles. The van der Waals surface area contributed by atoms with Gasteiger partial charge in [0.25, 0.3) is 0 Å². The van der Waals surface area contributed by atoms with Crippen LogP contribution in [0.3, 0.4) is 0 Å². The second-order valence-corrected chi connectivity index (χ2v) is 4.71. The summed E-state index contributed by atoms with van der Waals surface area (Å²) in [5, 5.41) is 0. The lowest BCUT2D eigenvalue weighted by Gasteiger charge is -2.14. The Morgan fingerprint density at radius 1 is 1.43 bits per heavy atom. The lowest BCUT2D eigenvalue weighted by Crippen LogP contribution is -2.10. The first kappa shape index (κ1) is 11.1. The minimum atomic E-state index is 0.0678. The summed E-state index contributed by atoms with van der Waals surface area (Å²) in [5.41, 5.74) is 6.96. The highest BCUT2D eigenvalue weighted by atomic mass is 16.3. The molecule has 0 aliphatic rings. The number of hydrogen-bond donors (Lipinski definition) is 1. The van der Waals surface area contributed by atoms with Crippen LogP contribution in [-0.4, -0.2) is 6.04 Å². The molecule has 0 aliphatic carbocycles. The van der Waals surface area contributed by atoms with Crippen molar-refractivity contribution in [1.29, 1.82) is 0 Å². The SMILES string of the molecule is C[C@@H](N)/C=C/c1cc(C(C)(C)C)co1. The van der Waals surface area contributed by atoms with Gasteiger partial charge in [0.2, 0.25) is 0 Å². The van der Waals surface area contributed by atoms with Crippen LogP contribution in [-0.2, 0) is 5.41 Å². The maximum absolute atomic E-state index is 5.60. The molecule has 2 heteroatoms. The first-order chi connectivity index (χ1) is 6.39. The number of rotatable bonds is 2. The van der Waals surface area contributed by atoms with E-state index in [1.807, 2.05) is 19.1 Å². The lowest BCUT2D eigenvalue weighted by atomic mass is 9.89. The Hall–Kier alpha value is -1.02. The van der Waals surface area contributed by atoms with E-state index < -0.39 is 0 Å². The van der Waals surface area contributed by atoms with Crippen molar-refractivity contribution in [3.63, 3.8) is 0 Å². The molecular weight excluding hydrogens is 174 g/mol. The Labute approximate surface area is 85.8 Å². The average Bonchev–Trinajstić information content (AvgIpc) is 2.47. The lowest BCUT2D eigenvalue weighted by molar-refractivity contribution is 0.531. The second-order valence-electron chi connectivity index (χ2n) is 4.71. The molecule has 14 heavy (non-hydrogen) atoms. The van der Waals surface area contributed by atoms with Crippen molar-refractivity contribution in [1.82, 2.24) is 0 Å². The third-order valence-electron chi connectivity index (χ3n) is 2.05. The Balaban J connectivity index is 2.79. The fraction of sp³-hybridized carbons (Fsp3) is 0.500. The van der Waals surface area contributed by atoms with E-state index in [4.69, 9.17) is 10.2 Å². The molecule has 2 nitrogen and oxygen atoms in total. The van der Waals surface area contributed by atoms with Crippen LogP contribution in [0.15, 0.2) is 22.8 Å². The molecular formula is C12H19NO. The molecule has 2 N–H and O–H groups in total. The first-order valence-electron chi connectivity index (χ1n) is 4.92. The molecule has 0 saturated heterocycles. The van der Waals surface area contributed by atoms with E-state index in [-0.39, 0.29) is 11.5 Å². The van der Waals surface area contributed by atoms with Gasteiger partial charge in [-0.3, -0.25) is 0 Å².